The van der Waals surface area contributed by atoms with Gasteiger partial charge in [-0.15, -0.1) is 0 Å². The standard InChI is InChI=1S/C15H20FNO2/c16-13-3-1-2-12-11(13)4-5-15(12,18)14(10-17)6-8-19-9-7-14/h1-3,18H,4-10,17H2. The van der Waals surface area contributed by atoms with E-state index < -0.39 is 5.60 Å². The largest absolute Gasteiger partial charge is 0.385 e. The van der Waals surface area contributed by atoms with Gasteiger partial charge in [-0.3, -0.25) is 0 Å². The summed E-state index contributed by atoms with van der Waals surface area (Å²) < 4.78 is 19.3. The lowest BCUT2D eigenvalue weighted by Gasteiger charge is -2.47. The van der Waals surface area contributed by atoms with Crippen molar-refractivity contribution in [1.82, 2.24) is 0 Å². The van der Waals surface area contributed by atoms with E-state index in [0.29, 0.717) is 38.2 Å². The summed E-state index contributed by atoms with van der Waals surface area (Å²) in [6.45, 7) is 1.64. The number of benzene rings is 1. The molecule has 3 nitrogen and oxygen atoms in total. The number of halogens is 1. The molecule has 2 aliphatic rings. The molecule has 3 rings (SSSR count). The molecule has 4 heteroatoms. The first-order valence-corrected chi connectivity index (χ1v) is 6.91. The Balaban J connectivity index is 2.08. The highest BCUT2D eigenvalue weighted by molar-refractivity contribution is 5.40. The number of nitrogens with two attached hydrogens (primary N) is 1. The number of ether oxygens (including phenoxy) is 1. The second kappa shape index (κ2) is 4.54. The number of fused-ring (bicyclic) bond motifs is 1. The molecule has 1 aromatic rings. The van der Waals surface area contributed by atoms with Crippen molar-refractivity contribution < 1.29 is 14.2 Å². The quantitative estimate of drug-likeness (QED) is 0.856. The van der Waals surface area contributed by atoms with E-state index in [1.807, 2.05) is 6.07 Å². The monoisotopic (exact) mass is 265 g/mol. The summed E-state index contributed by atoms with van der Waals surface area (Å²) >= 11 is 0. The third-order valence-electron chi connectivity index (χ3n) is 5.02. The van der Waals surface area contributed by atoms with Crippen LogP contribution in [0.15, 0.2) is 18.2 Å². The molecule has 1 heterocycles. The van der Waals surface area contributed by atoms with Crippen molar-refractivity contribution in [2.45, 2.75) is 31.3 Å². The van der Waals surface area contributed by atoms with Crippen LogP contribution < -0.4 is 5.73 Å². The van der Waals surface area contributed by atoms with Gasteiger partial charge in [0.05, 0.1) is 5.60 Å². The molecule has 0 saturated carbocycles. The average Bonchev–Trinajstić information content (AvgIpc) is 2.80. The maximum absolute atomic E-state index is 13.9. The van der Waals surface area contributed by atoms with E-state index in [2.05, 4.69) is 0 Å². The zero-order chi connectivity index (χ0) is 13.5. The molecule has 1 aromatic carbocycles. The topological polar surface area (TPSA) is 55.5 Å². The fourth-order valence-electron chi connectivity index (χ4n) is 3.74. The van der Waals surface area contributed by atoms with Crippen LogP contribution in [-0.2, 0) is 16.8 Å². The van der Waals surface area contributed by atoms with Gasteiger partial charge in [0, 0.05) is 25.2 Å². The van der Waals surface area contributed by atoms with Crippen molar-refractivity contribution in [3.63, 3.8) is 0 Å². The first kappa shape index (κ1) is 13.0. The van der Waals surface area contributed by atoms with Crippen LogP contribution in [0.25, 0.3) is 0 Å². The minimum Gasteiger partial charge on any atom is -0.385 e. The first-order chi connectivity index (χ1) is 9.13. The lowest BCUT2D eigenvalue weighted by molar-refractivity contribution is -0.133. The smallest absolute Gasteiger partial charge is 0.126 e. The van der Waals surface area contributed by atoms with E-state index >= 15 is 0 Å². The molecule has 0 spiro atoms. The highest BCUT2D eigenvalue weighted by Crippen LogP contribution is 2.53. The molecule has 1 unspecified atom stereocenters. The van der Waals surface area contributed by atoms with Gasteiger partial charge >= 0.3 is 0 Å². The maximum Gasteiger partial charge on any atom is 0.126 e. The molecule has 104 valence electrons. The van der Waals surface area contributed by atoms with E-state index in [4.69, 9.17) is 10.5 Å². The van der Waals surface area contributed by atoms with E-state index in [1.54, 1.807) is 6.07 Å². The molecular weight excluding hydrogens is 245 g/mol. The summed E-state index contributed by atoms with van der Waals surface area (Å²) in [6, 6.07) is 4.98. The van der Waals surface area contributed by atoms with Gasteiger partial charge in [0.15, 0.2) is 0 Å². The lowest BCUT2D eigenvalue weighted by Crippen LogP contribution is -2.52. The van der Waals surface area contributed by atoms with Crippen molar-refractivity contribution in [1.29, 1.82) is 0 Å². The highest BCUT2D eigenvalue weighted by Gasteiger charge is 2.54. The van der Waals surface area contributed by atoms with Crippen LogP contribution in [0.2, 0.25) is 0 Å². The Bertz CT molecular complexity index is 485. The van der Waals surface area contributed by atoms with E-state index in [-0.39, 0.29) is 11.2 Å². The third-order valence-corrected chi connectivity index (χ3v) is 5.02. The summed E-state index contributed by atoms with van der Waals surface area (Å²) in [5.74, 6) is -0.215. The van der Waals surface area contributed by atoms with Crippen LogP contribution >= 0.6 is 0 Å². The maximum atomic E-state index is 13.9. The molecule has 0 bridgehead atoms. The number of hydrogen-bond acceptors (Lipinski definition) is 3. The van der Waals surface area contributed by atoms with Gasteiger partial charge in [0.1, 0.15) is 5.82 Å². The van der Waals surface area contributed by atoms with Crippen molar-refractivity contribution in [2.75, 3.05) is 19.8 Å². The summed E-state index contributed by atoms with van der Waals surface area (Å²) in [5.41, 5.74) is 5.99. The minimum absolute atomic E-state index is 0.215. The first-order valence-electron chi connectivity index (χ1n) is 6.91. The Morgan fingerprint density at radius 1 is 1.26 bits per heavy atom. The van der Waals surface area contributed by atoms with Gasteiger partial charge in [-0.1, -0.05) is 12.1 Å². The molecule has 1 saturated heterocycles. The molecule has 0 radical (unpaired) electrons. The molecule has 1 fully saturated rings. The zero-order valence-corrected chi connectivity index (χ0v) is 11.0. The van der Waals surface area contributed by atoms with Gasteiger partial charge in [-0.25, -0.2) is 4.39 Å². The normalized spacial score (nSPS) is 29.2. The van der Waals surface area contributed by atoms with Crippen molar-refractivity contribution in [2.24, 2.45) is 11.1 Å². The van der Waals surface area contributed by atoms with Crippen molar-refractivity contribution in [3.8, 4) is 0 Å². The van der Waals surface area contributed by atoms with Gasteiger partial charge < -0.3 is 15.6 Å². The van der Waals surface area contributed by atoms with E-state index in [1.165, 1.54) is 6.07 Å². The Labute approximate surface area is 112 Å². The second-order valence-electron chi connectivity index (χ2n) is 5.72. The summed E-state index contributed by atoms with van der Waals surface area (Å²) in [6.07, 6.45) is 2.60. The second-order valence-corrected chi connectivity index (χ2v) is 5.72. The Kier molecular flexibility index (Phi) is 3.12. The lowest BCUT2D eigenvalue weighted by atomic mass is 9.64. The molecule has 1 aliphatic carbocycles. The molecular formula is C15H20FNO2. The number of hydrogen-bond donors (Lipinski definition) is 2. The van der Waals surface area contributed by atoms with Crippen LogP contribution in [0.5, 0.6) is 0 Å². The molecule has 1 atom stereocenters. The Morgan fingerprint density at radius 3 is 2.68 bits per heavy atom. The third kappa shape index (κ3) is 1.74. The van der Waals surface area contributed by atoms with Crippen molar-refractivity contribution in [3.05, 3.63) is 35.1 Å². The number of rotatable bonds is 2. The van der Waals surface area contributed by atoms with Gasteiger partial charge in [0.2, 0.25) is 0 Å². The van der Waals surface area contributed by atoms with Crippen LogP contribution in [0.3, 0.4) is 0 Å². The number of aliphatic hydroxyl groups is 1. The fourth-order valence-corrected chi connectivity index (χ4v) is 3.74. The SMILES string of the molecule is NCC1(C2(O)CCc3c(F)cccc32)CCOCC1. The summed E-state index contributed by atoms with van der Waals surface area (Å²) in [4.78, 5) is 0. The zero-order valence-electron chi connectivity index (χ0n) is 11.0. The van der Waals surface area contributed by atoms with Gasteiger partial charge in [-0.05, 0) is 42.9 Å². The Hall–Kier alpha value is -0.970. The van der Waals surface area contributed by atoms with Crippen LogP contribution in [0.4, 0.5) is 4.39 Å². The van der Waals surface area contributed by atoms with Crippen molar-refractivity contribution >= 4 is 0 Å². The molecule has 1 aliphatic heterocycles. The molecule has 0 amide bonds. The fraction of sp³-hybridized carbons (Fsp3) is 0.600. The highest BCUT2D eigenvalue weighted by atomic mass is 19.1. The minimum atomic E-state index is -1.01. The van der Waals surface area contributed by atoms with Crippen LogP contribution in [-0.4, -0.2) is 24.9 Å². The predicted octanol–water partition coefficient (Wildman–Crippen LogP) is 1.72. The Morgan fingerprint density at radius 2 is 2.00 bits per heavy atom. The predicted molar refractivity (Wildman–Crippen MR) is 70.2 cm³/mol. The van der Waals surface area contributed by atoms with Gasteiger partial charge in [0.25, 0.3) is 0 Å². The summed E-state index contributed by atoms with van der Waals surface area (Å²) in [7, 11) is 0. The molecule has 19 heavy (non-hydrogen) atoms. The van der Waals surface area contributed by atoms with E-state index in [9.17, 15) is 9.50 Å². The van der Waals surface area contributed by atoms with Crippen LogP contribution in [0.1, 0.15) is 30.4 Å². The van der Waals surface area contributed by atoms with E-state index in [0.717, 1.165) is 18.4 Å². The summed E-state index contributed by atoms with van der Waals surface area (Å²) in [5, 5.41) is 11.2. The molecule has 3 N–H and O–H groups in total. The van der Waals surface area contributed by atoms with Crippen LogP contribution in [0, 0.1) is 11.2 Å². The average molecular weight is 265 g/mol. The van der Waals surface area contributed by atoms with Gasteiger partial charge in [-0.2, -0.15) is 0 Å². The molecule has 0 aromatic heterocycles.